The molecule has 2 aromatic rings. The van der Waals surface area contributed by atoms with Crippen molar-refractivity contribution in [3.05, 3.63) is 29.2 Å². The highest BCUT2D eigenvalue weighted by Gasteiger charge is 2.12. The molecule has 8 nitrogen and oxygen atoms in total. The van der Waals surface area contributed by atoms with Gasteiger partial charge in [0.1, 0.15) is 12.3 Å². The van der Waals surface area contributed by atoms with E-state index in [1.54, 1.807) is 6.07 Å². The molecular formula is C12H17N5O3. The van der Waals surface area contributed by atoms with Crippen molar-refractivity contribution in [2.75, 3.05) is 7.11 Å². The van der Waals surface area contributed by atoms with Crippen LogP contribution in [0.5, 0.6) is 0 Å². The first-order valence-electron chi connectivity index (χ1n) is 6.35. The predicted molar refractivity (Wildman–Crippen MR) is 68.8 cm³/mol. The van der Waals surface area contributed by atoms with Crippen LogP contribution in [0.25, 0.3) is 0 Å². The van der Waals surface area contributed by atoms with Crippen LogP contribution in [0.2, 0.25) is 0 Å². The van der Waals surface area contributed by atoms with Crippen LogP contribution in [0, 0.1) is 0 Å². The standard InChI is InChI=1S/C12H17N5O3/c1-3-4-8-5-9(16-15-8)12(18)13-6-10-14-11(7-19-2)20-17-10/h5H,3-4,6-7H2,1-2H3,(H,13,18)(H,15,16). The molecule has 2 N–H and O–H groups in total. The fourth-order valence-corrected chi connectivity index (χ4v) is 1.67. The number of H-pyrrole nitrogens is 1. The Bertz CT molecular complexity index is 563. The van der Waals surface area contributed by atoms with E-state index in [1.807, 2.05) is 0 Å². The zero-order chi connectivity index (χ0) is 14.4. The van der Waals surface area contributed by atoms with Gasteiger partial charge in [0.05, 0.1) is 6.54 Å². The van der Waals surface area contributed by atoms with Gasteiger partial charge >= 0.3 is 0 Å². The summed E-state index contributed by atoms with van der Waals surface area (Å²) in [6, 6.07) is 1.74. The van der Waals surface area contributed by atoms with Crippen molar-refractivity contribution in [2.24, 2.45) is 0 Å². The van der Waals surface area contributed by atoms with E-state index in [1.165, 1.54) is 7.11 Å². The summed E-state index contributed by atoms with van der Waals surface area (Å²) in [5, 5.41) is 13.2. The maximum atomic E-state index is 11.9. The Kier molecular flexibility index (Phi) is 4.83. The molecule has 0 aliphatic carbocycles. The summed E-state index contributed by atoms with van der Waals surface area (Å²) in [4.78, 5) is 15.9. The van der Waals surface area contributed by atoms with Gasteiger partial charge in [0.15, 0.2) is 5.82 Å². The highest BCUT2D eigenvalue weighted by molar-refractivity contribution is 5.92. The van der Waals surface area contributed by atoms with E-state index in [4.69, 9.17) is 9.26 Å². The normalized spacial score (nSPS) is 10.7. The zero-order valence-electron chi connectivity index (χ0n) is 11.5. The van der Waals surface area contributed by atoms with Crippen molar-refractivity contribution in [1.29, 1.82) is 0 Å². The van der Waals surface area contributed by atoms with Crippen molar-refractivity contribution < 1.29 is 14.1 Å². The average molecular weight is 279 g/mol. The molecule has 0 aliphatic rings. The Labute approximate surface area is 115 Å². The smallest absolute Gasteiger partial charge is 0.272 e. The summed E-state index contributed by atoms with van der Waals surface area (Å²) >= 11 is 0. The van der Waals surface area contributed by atoms with Crippen LogP contribution in [-0.4, -0.2) is 33.4 Å². The maximum absolute atomic E-state index is 11.9. The third-order valence-electron chi connectivity index (χ3n) is 2.57. The van der Waals surface area contributed by atoms with Crippen molar-refractivity contribution in [2.45, 2.75) is 32.9 Å². The van der Waals surface area contributed by atoms with Crippen LogP contribution in [0.3, 0.4) is 0 Å². The van der Waals surface area contributed by atoms with Gasteiger partial charge in [-0.05, 0) is 12.5 Å². The first-order valence-corrected chi connectivity index (χ1v) is 6.35. The molecule has 2 aromatic heterocycles. The van der Waals surface area contributed by atoms with E-state index >= 15 is 0 Å². The number of hydrogen-bond acceptors (Lipinski definition) is 6. The molecule has 0 saturated carbocycles. The number of aryl methyl sites for hydroxylation is 1. The van der Waals surface area contributed by atoms with Gasteiger partial charge < -0.3 is 14.6 Å². The number of carbonyl (C=O) groups is 1. The van der Waals surface area contributed by atoms with Crippen molar-refractivity contribution in [3.8, 4) is 0 Å². The Morgan fingerprint density at radius 2 is 2.40 bits per heavy atom. The lowest BCUT2D eigenvalue weighted by atomic mass is 10.2. The Balaban J connectivity index is 1.87. The average Bonchev–Trinajstić information content (AvgIpc) is 3.06. The number of nitrogens with one attached hydrogen (secondary N) is 2. The summed E-state index contributed by atoms with van der Waals surface area (Å²) in [6.07, 6.45) is 1.86. The molecular weight excluding hydrogens is 262 g/mol. The number of hydrogen-bond donors (Lipinski definition) is 2. The first kappa shape index (κ1) is 14.2. The van der Waals surface area contributed by atoms with Crippen LogP contribution >= 0.6 is 0 Å². The summed E-state index contributed by atoms with van der Waals surface area (Å²) in [5.74, 6) is 0.498. The van der Waals surface area contributed by atoms with E-state index < -0.39 is 0 Å². The van der Waals surface area contributed by atoms with Gasteiger partial charge in [-0.15, -0.1) is 0 Å². The van der Waals surface area contributed by atoms with Crippen molar-refractivity contribution in [3.63, 3.8) is 0 Å². The monoisotopic (exact) mass is 279 g/mol. The van der Waals surface area contributed by atoms with Gasteiger partial charge in [-0.3, -0.25) is 9.89 Å². The zero-order valence-corrected chi connectivity index (χ0v) is 11.5. The third kappa shape index (κ3) is 3.64. The quantitative estimate of drug-likeness (QED) is 0.777. The van der Waals surface area contributed by atoms with E-state index in [9.17, 15) is 4.79 Å². The lowest BCUT2D eigenvalue weighted by Gasteiger charge is -1.97. The second-order valence-electron chi connectivity index (χ2n) is 4.25. The minimum Gasteiger partial charge on any atom is -0.375 e. The summed E-state index contributed by atoms with van der Waals surface area (Å²) in [6.45, 7) is 2.50. The van der Waals surface area contributed by atoms with Crippen LogP contribution in [0.1, 0.15) is 41.2 Å². The molecule has 108 valence electrons. The predicted octanol–water partition coefficient (Wildman–Crippen LogP) is 0.822. The lowest BCUT2D eigenvalue weighted by molar-refractivity contribution is 0.0944. The molecule has 2 rings (SSSR count). The largest absolute Gasteiger partial charge is 0.375 e. The van der Waals surface area contributed by atoms with Crippen LogP contribution in [-0.2, 0) is 24.3 Å². The third-order valence-corrected chi connectivity index (χ3v) is 2.57. The van der Waals surface area contributed by atoms with Gasteiger partial charge in [0.25, 0.3) is 11.8 Å². The second kappa shape index (κ2) is 6.80. The maximum Gasteiger partial charge on any atom is 0.272 e. The molecule has 0 bridgehead atoms. The number of carbonyl (C=O) groups excluding carboxylic acids is 1. The summed E-state index contributed by atoms with van der Waals surface area (Å²) in [7, 11) is 1.54. The highest BCUT2D eigenvalue weighted by atomic mass is 16.5. The van der Waals surface area contributed by atoms with Gasteiger partial charge in [-0.25, -0.2) is 0 Å². The number of amides is 1. The fraction of sp³-hybridized carbons (Fsp3) is 0.500. The van der Waals surface area contributed by atoms with Gasteiger partial charge in [-0.2, -0.15) is 10.1 Å². The minimum absolute atomic E-state index is 0.183. The molecule has 20 heavy (non-hydrogen) atoms. The number of rotatable bonds is 7. The van der Waals surface area contributed by atoms with Gasteiger partial charge in [-0.1, -0.05) is 18.5 Å². The van der Waals surface area contributed by atoms with Crippen LogP contribution in [0.15, 0.2) is 10.6 Å². The minimum atomic E-state index is -0.276. The Morgan fingerprint density at radius 3 is 3.15 bits per heavy atom. The van der Waals surface area contributed by atoms with E-state index in [0.717, 1.165) is 18.5 Å². The van der Waals surface area contributed by atoms with Crippen LogP contribution < -0.4 is 5.32 Å². The fourth-order valence-electron chi connectivity index (χ4n) is 1.67. The SMILES string of the molecule is CCCc1cc(C(=O)NCc2noc(COC)n2)n[nH]1. The number of aromatic amines is 1. The summed E-state index contributed by atoms with van der Waals surface area (Å²) < 4.78 is 9.78. The van der Waals surface area contributed by atoms with Crippen molar-refractivity contribution >= 4 is 5.91 Å². The van der Waals surface area contributed by atoms with Crippen molar-refractivity contribution in [1.82, 2.24) is 25.7 Å². The summed E-state index contributed by atoms with van der Waals surface area (Å²) in [5.41, 5.74) is 1.30. The number of methoxy groups -OCH3 is 1. The molecule has 0 saturated heterocycles. The highest BCUT2D eigenvalue weighted by Crippen LogP contribution is 2.03. The topological polar surface area (TPSA) is 106 Å². The van der Waals surface area contributed by atoms with Gasteiger partial charge in [0, 0.05) is 12.8 Å². The van der Waals surface area contributed by atoms with E-state index in [0.29, 0.717) is 17.4 Å². The number of nitrogens with zero attached hydrogens (tertiary/aromatic N) is 3. The molecule has 2 heterocycles. The van der Waals surface area contributed by atoms with Gasteiger partial charge in [0.2, 0.25) is 0 Å². The molecule has 0 aromatic carbocycles. The molecule has 1 amide bonds. The Hall–Kier alpha value is -2.22. The molecule has 0 unspecified atom stereocenters. The molecule has 0 fully saturated rings. The van der Waals surface area contributed by atoms with E-state index in [-0.39, 0.29) is 19.1 Å². The van der Waals surface area contributed by atoms with E-state index in [2.05, 4.69) is 32.6 Å². The number of aromatic nitrogens is 4. The molecule has 8 heteroatoms. The van der Waals surface area contributed by atoms with Crippen LogP contribution in [0.4, 0.5) is 0 Å². The molecule has 0 spiro atoms. The molecule has 0 aliphatic heterocycles. The first-order chi connectivity index (χ1) is 9.72. The second-order valence-corrected chi connectivity index (χ2v) is 4.25. The molecule has 0 radical (unpaired) electrons. The number of ether oxygens (including phenoxy) is 1. The Morgan fingerprint density at radius 1 is 1.55 bits per heavy atom. The molecule has 0 atom stereocenters. The lowest BCUT2D eigenvalue weighted by Crippen LogP contribution is -2.23.